The van der Waals surface area contributed by atoms with E-state index in [1.165, 1.54) is 5.57 Å². The first-order valence-corrected chi connectivity index (χ1v) is 6.45. The van der Waals surface area contributed by atoms with Crippen molar-refractivity contribution in [3.05, 3.63) is 22.9 Å². The van der Waals surface area contributed by atoms with Crippen molar-refractivity contribution in [3.8, 4) is 0 Å². The molecule has 0 atom stereocenters. The van der Waals surface area contributed by atoms with Crippen LogP contribution in [-0.2, 0) is 0 Å². The van der Waals surface area contributed by atoms with Gasteiger partial charge in [0.25, 0.3) is 0 Å². The predicted octanol–water partition coefficient (Wildman–Crippen LogP) is 3.54. The highest BCUT2D eigenvalue weighted by molar-refractivity contribution is 6.10. The molecule has 0 bridgehead atoms. The largest absolute Gasteiger partial charge is 0.373 e. The van der Waals surface area contributed by atoms with Gasteiger partial charge < -0.3 is 10.7 Å². The molecule has 1 heterocycles. The number of hydrogen-bond donors (Lipinski definition) is 2. The number of allylic oxidation sites excluding steroid dienone is 2. The maximum Gasteiger partial charge on any atom is 0.134 e. The summed E-state index contributed by atoms with van der Waals surface area (Å²) in [5.41, 5.74) is 3.54. The maximum absolute atomic E-state index is 8.23. The van der Waals surface area contributed by atoms with Crippen LogP contribution in [0.5, 0.6) is 0 Å². The molecule has 0 amide bonds. The van der Waals surface area contributed by atoms with Crippen LogP contribution in [0.4, 0.5) is 5.82 Å². The van der Waals surface area contributed by atoms with Crippen LogP contribution < -0.4 is 5.32 Å². The zero-order chi connectivity index (χ0) is 13.9. The van der Waals surface area contributed by atoms with Crippen LogP contribution in [0.2, 0.25) is 0 Å². The lowest BCUT2D eigenvalue weighted by molar-refractivity contribution is 0.535. The number of nitrogens with one attached hydrogen (secondary N) is 2. The van der Waals surface area contributed by atoms with Gasteiger partial charge >= 0.3 is 0 Å². The van der Waals surface area contributed by atoms with E-state index in [4.69, 9.17) is 5.41 Å². The first-order chi connectivity index (χ1) is 8.42. The van der Waals surface area contributed by atoms with Crippen molar-refractivity contribution in [2.45, 2.75) is 47.1 Å². The zero-order valence-electron chi connectivity index (χ0n) is 12.3. The Labute approximate surface area is 110 Å². The normalized spacial score (nSPS) is 12.1. The number of aromatic nitrogens is 2. The first-order valence-electron chi connectivity index (χ1n) is 6.45. The van der Waals surface area contributed by atoms with E-state index in [1.807, 2.05) is 24.7 Å². The average molecular weight is 248 g/mol. The lowest BCUT2D eigenvalue weighted by Gasteiger charge is -2.11. The fourth-order valence-electron chi connectivity index (χ4n) is 1.90. The van der Waals surface area contributed by atoms with E-state index in [2.05, 4.69) is 38.1 Å². The van der Waals surface area contributed by atoms with Gasteiger partial charge in [0.15, 0.2) is 0 Å². The van der Waals surface area contributed by atoms with Crippen molar-refractivity contribution in [3.63, 3.8) is 0 Å². The van der Waals surface area contributed by atoms with Crippen molar-refractivity contribution in [2.24, 2.45) is 0 Å². The Bertz CT molecular complexity index is 466. The molecule has 0 fully saturated rings. The Hall–Kier alpha value is -1.58. The summed E-state index contributed by atoms with van der Waals surface area (Å²) in [7, 11) is 1.88. The molecule has 4 nitrogen and oxygen atoms in total. The number of aryl methyl sites for hydroxylation is 1. The standard InChI is InChI=1S/C14H24N4/c1-7-10(4)8-12(15)13-11(5)17-18(9(2)3)14(13)16-6/h8-9,15-16H,7H2,1-6H3/b10-8+,15-12?. The Kier molecular flexibility index (Phi) is 4.70. The Morgan fingerprint density at radius 2 is 2.11 bits per heavy atom. The molecule has 1 rings (SSSR count). The van der Waals surface area contributed by atoms with E-state index < -0.39 is 0 Å². The van der Waals surface area contributed by atoms with E-state index in [0.717, 1.165) is 23.5 Å². The first kappa shape index (κ1) is 14.5. The Morgan fingerprint density at radius 1 is 1.50 bits per heavy atom. The SMILES string of the molecule is CC/C(C)=C/C(=N)c1c(C)nn(C(C)C)c1NC. The maximum atomic E-state index is 8.23. The summed E-state index contributed by atoms with van der Waals surface area (Å²) < 4.78 is 1.94. The van der Waals surface area contributed by atoms with Crippen LogP contribution in [0, 0.1) is 12.3 Å². The quantitative estimate of drug-likeness (QED) is 0.783. The number of rotatable bonds is 5. The fourth-order valence-corrected chi connectivity index (χ4v) is 1.90. The predicted molar refractivity (Wildman–Crippen MR) is 77.8 cm³/mol. The minimum absolute atomic E-state index is 0.281. The highest BCUT2D eigenvalue weighted by Crippen LogP contribution is 2.24. The molecular weight excluding hydrogens is 224 g/mol. The number of anilines is 1. The van der Waals surface area contributed by atoms with Gasteiger partial charge in [-0.05, 0) is 40.2 Å². The summed E-state index contributed by atoms with van der Waals surface area (Å²) in [6.45, 7) is 10.3. The lowest BCUT2D eigenvalue weighted by Crippen LogP contribution is -2.09. The van der Waals surface area contributed by atoms with Crippen LogP contribution in [-0.4, -0.2) is 22.5 Å². The Balaban J connectivity index is 3.28. The van der Waals surface area contributed by atoms with Crippen molar-refractivity contribution in [2.75, 3.05) is 12.4 Å². The summed E-state index contributed by atoms with van der Waals surface area (Å²) in [4.78, 5) is 0. The van der Waals surface area contributed by atoms with Gasteiger partial charge in [0.1, 0.15) is 5.82 Å². The van der Waals surface area contributed by atoms with Crippen molar-refractivity contribution < 1.29 is 0 Å². The molecule has 0 aromatic carbocycles. The molecular formula is C14H24N4. The minimum Gasteiger partial charge on any atom is -0.373 e. The Morgan fingerprint density at radius 3 is 2.56 bits per heavy atom. The van der Waals surface area contributed by atoms with Crippen LogP contribution >= 0.6 is 0 Å². The van der Waals surface area contributed by atoms with Gasteiger partial charge in [0.2, 0.25) is 0 Å². The second kappa shape index (κ2) is 5.85. The molecule has 0 radical (unpaired) electrons. The summed E-state index contributed by atoms with van der Waals surface area (Å²) in [6.07, 6.45) is 2.89. The molecule has 0 spiro atoms. The third kappa shape index (κ3) is 2.81. The van der Waals surface area contributed by atoms with Crippen molar-refractivity contribution in [1.29, 1.82) is 5.41 Å². The molecule has 0 saturated carbocycles. The van der Waals surface area contributed by atoms with Gasteiger partial charge in [0.05, 0.1) is 17.0 Å². The molecule has 0 unspecified atom stereocenters. The summed E-state index contributed by atoms with van der Waals surface area (Å²) in [5, 5.41) is 15.9. The van der Waals surface area contributed by atoms with Crippen LogP contribution in [0.15, 0.2) is 11.6 Å². The smallest absolute Gasteiger partial charge is 0.134 e. The zero-order valence-corrected chi connectivity index (χ0v) is 12.3. The lowest BCUT2D eigenvalue weighted by atomic mass is 10.1. The number of hydrogen-bond acceptors (Lipinski definition) is 3. The number of nitrogens with zero attached hydrogens (tertiary/aromatic N) is 2. The third-order valence-electron chi connectivity index (χ3n) is 3.03. The van der Waals surface area contributed by atoms with E-state index in [9.17, 15) is 0 Å². The minimum atomic E-state index is 0.281. The fraction of sp³-hybridized carbons (Fsp3) is 0.571. The second-order valence-electron chi connectivity index (χ2n) is 4.86. The molecule has 0 aliphatic carbocycles. The molecule has 1 aromatic heterocycles. The van der Waals surface area contributed by atoms with Gasteiger partial charge in [-0.2, -0.15) is 5.10 Å². The second-order valence-corrected chi connectivity index (χ2v) is 4.86. The monoisotopic (exact) mass is 248 g/mol. The van der Waals surface area contributed by atoms with Crippen molar-refractivity contribution >= 4 is 11.5 Å². The molecule has 1 aromatic rings. The van der Waals surface area contributed by atoms with Crippen LogP contribution in [0.25, 0.3) is 0 Å². The van der Waals surface area contributed by atoms with E-state index in [-0.39, 0.29) is 6.04 Å². The molecule has 2 N–H and O–H groups in total. The topological polar surface area (TPSA) is 53.7 Å². The highest BCUT2D eigenvalue weighted by Gasteiger charge is 2.18. The van der Waals surface area contributed by atoms with E-state index in [1.54, 1.807) is 0 Å². The summed E-state index contributed by atoms with van der Waals surface area (Å²) in [5.74, 6) is 0.924. The van der Waals surface area contributed by atoms with E-state index in [0.29, 0.717) is 5.71 Å². The van der Waals surface area contributed by atoms with Gasteiger partial charge in [-0.25, -0.2) is 4.68 Å². The third-order valence-corrected chi connectivity index (χ3v) is 3.03. The van der Waals surface area contributed by atoms with Crippen molar-refractivity contribution in [1.82, 2.24) is 9.78 Å². The van der Waals surface area contributed by atoms with Gasteiger partial charge in [-0.15, -0.1) is 0 Å². The van der Waals surface area contributed by atoms with E-state index >= 15 is 0 Å². The molecule has 0 saturated heterocycles. The molecule has 0 aliphatic rings. The van der Waals surface area contributed by atoms with Gasteiger partial charge in [-0.3, -0.25) is 0 Å². The summed E-state index contributed by atoms with van der Waals surface area (Å²) >= 11 is 0. The molecule has 4 heteroatoms. The average Bonchev–Trinajstić information content (AvgIpc) is 2.65. The van der Waals surface area contributed by atoms with Crippen LogP contribution in [0.1, 0.15) is 51.4 Å². The van der Waals surface area contributed by atoms with Gasteiger partial charge in [0, 0.05) is 13.1 Å². The molecule has 100 valence electrons. The molecule has 18 heavy (non-hydrogen) atoms. The molecule has 0 aliphatic heterocycles. The van der Waals surface area contributed by atoms with Gasteiger partial charge in [-0.1, -0.05) is 12.5 Å². The van der Waals surface area contributed by atoms with Crippen LogP contribution in [0.3, 0.4) is 0 Å². The highest BCUT2D eigenvalue weighted by atomic mass is 15.3. The summed E-state index contributed by atoms with van der Waals surface area (Å²) in [6, 6.07) is 0.281.